The molecule has 0 aliphatic rings. The number of rotatable bonds is 8. The Hall–Kier alpha value is -2.46. The van der Waals surface area contributed by atoms with Gasteiger partial charge in [0.1, 0.15) is 6.54 Å². The van der Waals surface area contributed by atoms with Crippen LogP contribution in [0.5, 0.6) is 0 Å². The quantitative estimate of drug-likeness (QED) is 0.599. The van der Waals surface area contributed by atoms with Crippen LogP contribution >= 0.6 is 0 Å². The summed E-state index contributed by atoms with van der Waals surface area (Å²) in [5.74, 6) is -0.431. The van der Waals surface area contributed by atoms with Gasteiger partial charge in [-0.1, -0.05) is 67.6 Å². The summed E-state index contributed by atoms with van der Waals surface area (Å²) < 4.78 is 5.55. The molecule has 4 heteroatoms. The van der Waals surface area contributed by atoms with Gasteiger partial charge >= 0.3 is 5.97 Å². The van der Waals surface area contributed by atoms with Crippen LogP contribution in [0.4, 0.5) is 0 Å². The number of carbonyl (C=O) groups is 2. The largest absolute Gasteiger partial charge is 0.456 e. The van der Waals surface area contributed by atoms with Crippen molar-refractivity contribution in [1.29, 1.82) is 0 Å². The molecule has 3 N–H and O–H groups in total. The van der Waals surface area contributed by atoms with Crippen molar-refractivity contribution in [2.45, 2.75) is 31.8 Å². The van der Waals surface area contributed by atoms with Crippen LogP contribution in [0.25, 0.3) is 0 Å². The Bertz CT molecular complexity index is 655. The number of quaternary nitrogens is 1. The number of ether oxygens (including phenoxy) is 1. The minimum Gasteiger partial charge on any atom is -0.456 e. The number of hydrogen-bond donors (Lipinski definition) is 1. The van der Waals surface area contributed by atoms with E-state index in [4.69, 9.17) is 4.74 Å². The summed E-state index contributed by atoms with van der Waals surface area (Å²) in [5, 5.41) is 0. The van der Waals surface area contributed by atoms with Gasteiger partial charge in [-0.05, 0) is 5.56 Å². The molecular weight excluding hydrogens is 302 g/mol. The lowest BCUT2D eigenvalue weighted by molar-refractivity contribution is -0.385. The number of esters is 1. The maximum atomic E-state index is 12.6. The van der Waals surface area contributed by atoms with Crippen molar-refractivity contribution in [2.75, 3.05) is 6.54 Å². The Morgan fingerprint density at radius 3 is 2.12 bits per heavy atom. The molecule has 0 aromatic heterocycles. The molecule has 0 radical (unpaired) electrons. The molecule has 4 nitrogen and oxygen atoms in total. The third kappa shape index (κ3) is 4.77. The van der Waals surface area contributed by atoms with Crippen molar-refractivity contribution in [3.63, 3.8) is 0 Å². The predicted octanol–water partition coefficient (Wildman–Crippen LogP) is 2.61. The summed E-state index contributed by atoms with van der Waals surface area (Å²) in [6.45, 7) is 2.18. The standard InChI is InChI=1S/C20H23NO3/c1-2-20(23)24-19(14-21)17(15-9-5-3-6-10-15)13-18(22)16-11-7-4-8-12-16/h3-12,17,19H,2,13-14,21H2,1H3/p+1/t17-,19+/m1/s1. The highest BCUT2D eigenvalue weighted by Gasteiger charge is 2.29. The Morgan fingerprint density at radius 2 is 1.58 bits per heavy atom. The second-order valence-corrected chi connectivity index (χ2v) is 5.68. The Morgan fingerprint density at radius 1 is 1.00 bits per heavy atom. The molecule has 0 amide bonds. The molecule has 0 saturated heterocycles. The fourth-order valence-electron chi connectivity index (χ4n) is 2.70. The molecule has 0 aliphatic heterocycles. The minimum absolute atomic E-state index is 0.0375. The van der Waals surface area contributed by atoms with Crippen molar-refractivity contribution in [3.05, 3.63) is 71.8 Å². The first-order valence-electron chi connectivity index (χ1n) is 8.27. The van der Waals surface area contributed by atoms with E-state index in [9.17, 15) is 9.59 Å². The molecule has 2 rings (SSSR count). The van der Waals surface area contributed by atoms with E-state index in [0.29, 0.717) is 18.5 Å². The van der Waals surface area contributed by atoms with Crippen molar-refractivity contribution in [2.24, 2.45) is 0 Å². The third-order valence-corrected chi connectivity index (χ3v) is 4.03. The normalized spacial score (nSPS) is 13.1. The fourth-order valence-corrected chi connectivity index (χ4v) is 2.70. The first-order chi connectivity index (χ1) is 11.7. The van der Waals surface area contributed by atoms with Crippen LogP contribution in [0.15, 0.2) is 60.7 Å². The number of Topliss-reactive ketones (excluding diaryl/α,β-unsaturated/α-hetero) is 1. The molecular formula is C20H24NO3+. The van der Waals surface area contributed by atoms with Gasteiger partial charge < -0.3 is 10.5 Å². The zero-order chi connectivity index (χ0) is 17.4. The predicted molar refractivity (Wildman–Crippen MR) is 92.5 cm³/mol. The maximum absolute atomic E-state index is 12.6. The van der Waals surface area contributed by atoms with E-state index in [2.05, 4.69) is 5.73 Å². The summed E-state index contributed by atoms with van der Waals surface area (Å²) in [6.07, 6.45) is 0.183. The van der Waals surface area contributed by atoms with Crippen LogP contribution in [0, 0.1) is 0 Å². The molecule has 126 valence electrons. The Balaban J connectivity index is 2.25. The molecule has 0 aliphatic carbocycles. The maximum Gasteiger partial charge on any atom is 0.306 e. The van der Waals surface area contributed by atoms with Crippen LogP contribution in [0.1, 0.15) is 41.6 Å². The van der Waals surface area contributed by atoms with Crippen molar-refractivity contribution in [1.82, 2.24) is 0 Å². The summed E-state index contributed by atoms with van der Waals surface area (Å²) in [7, 11) is 0. The molecule has 2 aromatic carbocycles. The monoisotopic (exact) mass is 326 g/mol. The van der Waals surface area contributed by atoms with Gasteiger partial charge in [0.2, 0.25) is 0 Å². The lowest BCUT2D eigenvalue weighted by atomic mass is 9.87. The molecule has 0 spiro atoms. The average Bonchev–Trinajstić information content (AvgIpc) is 2.65. The molecule has 0 bridgehead atoms. The van der Waals surface area contributed by atoms with Gasteiger partial charge in [-0.3, -0.25) is 9.59 Å². The lowest BCUT2D eigenvalue weighted by Gasteiger charge is -2.24. The molecule has 0 saturated carbocycles. The number of carbonyl (C=O) groups excluding carboxylic acids is 2. The van der Waals surface area contributed by atoms with Crippen LogP contribution in [0.2, 0.25) is 0 Å². The summed E-state index contributed by atoms with van der Waals surface area (Å²) in [5.41, 5.74) is 5.57. The van der Waals surface area contributed by atoms with E-state index in [1.165, 1.54) is 0 Å². The van der Waals surface area contributed by atoms with E-state index in [1.54, 1.807) is 6.92 Å². The topological polar surface area (TPSA) is 71.0 Å². The minimum atomic E-state index is -0.410. The van der Waals surface area contributed by atoms with Crippen molar-refractivity contribution >= 4 is 11.8 Å². The van der Waals surface area contributed by atoms with Gasteiger partial charge in [0.15, 0.2) is 11.9 Å². The smallest absolute Gasteiger partial charge is 0.306 e. The third-order valence-electron chi connectivity index (χ3n) is 4.03. The van der Waals surface area contributed by atoms with Gasteiger partial charge in [-0.2, -0.15) is 0 Å². The van der Waals surface area contributed by atoms with E-state index in [0.717, 1.165) is 5.56 Å². The molecule has 2 atom stereocenters. The lowest BCUT2D eigenvalue weighted by Crippen LogP contribution is -2.58. The SMILES string of the molecule is CCC(=O)O[C@@H](C[NH3+])[C@H](CC(=O)c1ccccc1)c1ccccc1. The first-order valence-corrected chi connectivity index (χ1v) is 8.27. The van der Waals surface area contributed by atoms with E-state index in [1.807, 2.05) is 60.7 Å². The van der Waals surface area contributed by atoms with Gasteiger partial charge in [-0.25, -0.2) is 0 Å². The highest BCUT2D eigenvalue weighted by molar-refractivity contribution is 5.96. The number of ketones is 1. The molecule has 24 heavy (non-hydrogen) atoms. The number of hydrogen-bond acceptors (Lipinski definition) is 3. The summed E-state index contributed by atoms with van der Waals surface area (Å²) in [4.78, 5) is 24.4. The summed E-state index contributed by atoms with van der Waals surface area (Å²) in [6, 6.07) is 18.9. The van der Waals surface area contributed by atoms with Gasteiger partial charge in [-0.15, -0.1) is 0 Å². The number of benzene rings is 2. The van der Waals surface area contributed by atoms with Crippen LogP contribution in [-0.4, -0.2) is 24.4 Å². The van der Waals surface area contributed by atoms with Crippen molar-refractivity contribution in [3.8, 4) is 0 Å². The second kappa shape index (κ2) is 8.99. The van der Waals surface area contributed by atoms with Crippen LogP contribution < -0.4 is 5.73 Å². The first kappa shape index (κ1) is 17.9. The van der Waals surface area contributed by atoms with Crippen molar-refractivity contribution < 1.29 is 20.1 Å². The fraction of sp³-hybridized carbons (Fsp3) is 0.300. The highest BCUT2D eigenvalue weighted by Crippen LogP contribution is 2.27. The molecule has 0 heterocycles. The zero-order valence-corrected chi connectivity index (χ0v) is 14.0. The zero-order valence-electron chi connectivity index (χ0n) is 14.0. The van der Waals surface area contributed by atoms with Crippen LogP contribution in [0.3, 0.4) is 0 Å². The molecule has 0 unspecified atom stereocenters. The second-order valence-electron chi connectivity index (χ2n) is 5.68. The van der Waals surface area contributed by atoms with E-state index >= 15 is 0 Å². The van der Waals surface area contributed by atoms with Gasteiger partial charge in [0.05, 0.1) is 0 Å². The Kier molecular flexibility index (Phi) is 6.70. The van der Waals surface area contributed by atoms with Gasteiger partial charge in [0.25, 0.3) is 0 Å². The summed E-state index contributed by atoms with van der Waals surface area (Å²) >= 11 is 0. The van der Waals surface area contributed by atoms with Gasteiger partial charge in [0, 0.05) is 24.3 Å². The highest BCUT2D eigenvalue weighted by atomic mass is 16.5. The molecule has 2 aromatic rings. The van der Waals surface area contributed by atoms with Crippen LogP contribution in [-0.2, 0) is 9.53 Å². The molecule has 0 fully saturated rings. The average molecular weight is 326 g/mol. The van der Waals surface area contributed by atoms with E-state index < -0.39 is 6.10 Å². The Labute approximate surface area is 142 Å². The van der Waals surface area contributed by atoms with E-state index in [-0.39, 0.29) is 24.1 Å².